The molecule has 6 aromatic carbocycles. The molecule has 8 aromatic rings. The summed E-state index contributed by atoms with van der Waals surface area (Å²) in [4.78, 5) is 14.2. The average Bonchev–Trinajstić information content (AvgIpc) is 4.00. The van der Waals surface area contributed by atoms with Crippen LogP contribution < -0.4 is 5.30 Å². The quantitative estimate of drug-likeness (QED) is 0.0771. The highest BCUT2D eigenvalue weighted by molar-refractivity contribution is 7.99. The molecule has 0 amide bonds. The second-order valence-electron chi connectivity index (χ2n) is 25.0. The predicted molar refractivity (Wildman–Crippen MR) is 297 cm³/mol. The summed E-state index contributed by atoms with van der Waals surface area (Å²) in [6, 6.07) is 19.0. The minimum atomic E-state index is -5.88. The number of nitrogens with zero attached hydrogens (tertiary/aromatic N) is 2. The maximum Gasteiger partial charge on any atom is 0.411 e. The van der Waals surface area contributed by atoms with Crippen LogP contribution in [0.2, 0.25) is 0 Å². The Morgan fingerprint density at radius 2 is 0.812 bits per heavy atom. The Morgan fingerprint density at radius 3 is 1.26 bits per heavy atom. The molecule has 2 heterocycles. The fourth-order valence-electron chi connectivity index (χ4n) is 10.6. The normalized spacial score (nSPS) is 13.8. The number of halogens is 12. The lowest BCUT2D eigenvalue weighted by Crippen LogP contribution is -2.54. The van der Waals surface area contributed by atoms with Gasteiger partial charge in [0, 0.05) is 38.1 Å². The van der Waals surface area contributed by atoms with Crippen LogP contribution in [0.25, 0.3) is 33.2 Å². The number of alkyl halides is 6. The van der Waals surface area contributed by atoms with E-state index in [1.54, 1.807) is 40.7 Å². The zero-order valence-electron chi connectivity index (χ0n) is 47.0. The van der Waals surface area contributed by atoms with Crippen molar-refractivity contribution in [2.45, 2.75) is 164 Å². The maximum atomic E-state index is 16.9. The van der Waals surface area contributed by atoms with E-state index in [4.69, 9.17) is 9.97 Å². The van der Waals surface area contributed by atoms with E-state index in [9.17, 15) is 0 Å². The summed E-state index contributed by atoms with van der Waals surface area (Å²) in [5.74, 6) is -8.25. The minimum absolute atomic E-state index is 0.0638. The molecule has 0 saturated heterocycles. The Balaban J connectivity index is 1.11. The molecule has 1 atom stereocenters. The van der Waals surface area contributed by atoms with Gasteiger partial charge in [0.05, 0.1) is 31.9 Å². The summed E-state index contributed by atoms with van der Waals surface area (Å²) in [6.45, 7) is 24.7. The highest BCUT2D eigenvalue weighted by atomic mass is 32.2. The molecule has 0 bridgehead atoms. The molecule has 0 aliphatic carbocycles. The Hall–Kier alpha value is -5.80. The van der Waals surface area contributed by atoms with Crippen molar-refractivity contribution in [2.75, 3.05) is 0 Å². The Kier molecular flexibility index (Phi) is 14.8. The Morgan fingerprint density at radius 1 is 0.412 bits per heavy atom. The molecule has 0 radical (unpaired) electrons. The van der Waals surface area contributed by atoms with E-state index >= 15 is 52.7 Å². The van der Waals surface area contributed by atoms with Gasteiger partial charge in [-0.05, 0) is 81.0 Å². The first-order valence-corrected chi connectivity index (χ1v) is 27.1. The van der Waals surface area contributed by atoms with Crippen molar-refractivity contribution < 1.29 is 52.7 Å². The molecule has 80 heavy (non-hydrogen) atoms. The number of rotatable bonds is 11. The molecular formula is C62H63F12N4PS. The predicted octanol–water partition coefficient (Wildman–Crippen LogP) is 18.4. The molecule has 0 aliphatic heterocycles. The standard InChI is InChI=1S/C62H63F12N4PS/c1-30-41(57(10,11)56(8,9)34-20-24-36(25-21-34)60(61(69,70)71,62(72,73)74)35-22-18-33(19-23-35)54(2,3)4)44(64)47(67)50(43(30)63)80-51-48(68)45(65)42(46(66)49(51)79)58(12,13)59(14,15)53-76-38-27-17-32(29-40(38)78-53)31-16-26-37-39(28-31)77-52(75-37)55(5,6)7/h16-29H,79H2,1-15H3,(H,75,77)(H,76,78). The van der Waals surface area contributed by atoms with Crippen LogP contribution in [0.4, 0.5) is 52.7 Å². The zero-order chi connectivity index (χ0) is 59.8. The lowest BCUT2D eigenvalue weighted by atomic mass is 9.60. The SMILES string of the molecule is Cc1c(F)c(Sc2c(F)c(F)c(C(C)(C)C(C)(C)c3nc4ccc(-c5ccc6nc(C(C)(C)C)[nH]c6c5)cc4[nH]3)c(F)c2P)c(F)c(F)c1C(C)(C)C(C)(C)c1ccc(C(c2ccc(C(C)(C)C)cc2)(C(F)(F)F)C(F)(F)F)cc1. The molecule has 2 aromatic heterocycles. The van der Waals surface area contributed by atoms with Crippen LogP contribution in [0.5, 0.6) is 0 Å². The van der Waals surface area contributed by atoms with Gasteiger partial charge >= 0.3 is 12.4 Å². The lowest BCUT2D eigenvalue weighted by Gasteiger charge is -2.44. The summed E-state index contributed by atoms with van der Waals surface area (Å²) in [7, 11) is 1.96. The van der Waals surface area contributed by atoms with Gasteiger partial charge in [-0.1, -0.05) is 169 Å². The third-order valence-electron chi connectivity index (χ3n) is 17.1. The number of aromatic nitrogens is 4. The number of fused-ring (bicyclic) bond motifs is 2. The number of imidazole rings is 2. The van der Waals surface area contributed by atoms with Gasteiger partial charge in [0.15, 0.2) is 23.3 Å². The molecule has 0 aliphatic rings. The number of H-pyrrole nitrogens is 2. The van der Waals surface area contributed by atoms with E-state index in [1.165, 1.54) is 53.7 Å². The van der Waals surface area contributed by atoms with Gasteiger partial charge < -0.3 is 9.97 Å². The molecule has 18 heteroatoms. The van der Waals surface area contributed by atoms with Crippen LogP contribution in [0.1, 0.15) is 148 Å². The number of hydrogen-bond donors (Lipinski definition) is 2. The first kappa shape index (κ1) is 60.3. The van der Waals surface area contributed by atoms with E-state index in [0.29, 0.717) is 34.6 Å². The highest BCUT2D eigenvalue weighted by Gasteiger charge is 2.72. The number of benzene rings is 6. The summed E-state index contributed by atoms with van der Waals surface area (Å²) >= 11 is -0.0638. The van der Waals surface area contributed by atoms with E-state index in [2.05, 4.69) is 30.7 Å². The van der Waals surface area contributed by atoms with Crippen molar-refractivity contribution in [3.63, 3.8) is 0 Å². The van der Waals surface area contributed by atoms with Gasteiger partial charge in [-0.2, -0.15) is 26.3 Å². The maximum absolute atomic E-state index is 16.9. The van der Waals surface area contributed by atoms with Crippen LogP contribution in [0, 0.1) is 41.8 Å². The van der Waals surface area contributed by atoms with Crippen molar-refractivity contribution in [1.82, 2.24) is 19.9 Å². The number of nitrogens with one attached hydrogen (secondary N) is 2. The second kappa shape index (κ2) is 19.7. The van der Waals surface area contributed by atoms with Gasteiger partial charge in [-0.25, -0.2) is 36.3 Å². The molecule has 1 unspecified atom stereocenters. The monoisotopic (exact) mass is 1150 g/mol. The fourth-order valence-corrected chi connectivity index (χ4v) is 12.1. The molecule has 0 saturated carbocycles. The molecule has 0 spiro atoms. The Labute approximate surface area is 464 Å². The van der Waals surface area contributed by atoms with E-state index < -0.39 is 123 Å². The first-order valence-electron chi connectivity index (χ1n) is 25.7. The molecule has 2 N–H and O–H groups in total. The van der Waals surface area contributed by atoms with E-state index in [0.717, 1.165) is 59.2 Å². The van der Waals surface area contributed by atoms with Crippen LogP contribution in [0.3, 0.4) is 0 Å². The van der Waals surface area contributed by atoms with Crippen LogP contribution in [-0.4, -0.2) is 32.3 Å². The van der Waals surface area contributed by atoms with Crippen molar-refractivity contribution in [1.29, 1.82) is 0 Å². The van der Waals surface area contributed by atoms with Gasteiger partial charge in [0.25, 0.3) is 0 Å². The van der Waals surface area contributed by atoms with Gasteiger partial charge in [-0.15, -0.1) is 9.24 Å². The van der Waals surface area contributed by atoms with Crippen molar-refractivity contribution >= 4 is 48.4 Å². The number of aromatic amines is 2. The van der Waals surface area contributed by atoms with Crippen LogP contribution in [-0.2, 0) is 37.9 Å². The Bertz CT molecular complexity index is 3650. The second-order valence-corrected chi connectivity index (χ2v) is 26.6. The van der Waals surface area contributed by atoms with E-state index in [-0.39, 0.29) is 22.7 Å². The third kappa shape index (κ3) is 9.51. The van der Waals surface area contributed by atoms with Gasteiger partial charge in [-0.3, -0.25) is 0 Å². The molecule has 8 rings (SSSR count). The highest BCUT2D eigenvalue weighted by Crippen LogP contribution is 2.57. The van der Waals surface area contributed by atoms with E-state index in [1.807, 2.05) is 39.6 Å². The minimum Gasteiger partial charge on any atom is -0.342 e. The molecule has 0 fully saturated rings. The largest absolute Gasteiger partial charge is 0.411 e. The lowest BCUT2D eigenvalue weighted by molar-refractivity contribution is -0.288. The molecular weight excluding hydrogens is 1090 g/mol. The zero-order valence-corrected chi connectivity index (χ0v) is 49.0. The van der Waals surface area contributed by atoms with Gasteiger partial charge in [0.1, 0.15) is 23.3 Å². The van der Waals surface area contributed by atoms with Crippen LogP contribution in [0.15, 0.2) is 94.7 Å². The summed E-state index contributed by atoms with van der Waals surface area (Å²) in [5.41, 5.74) is -10.0. The first-order chi connectivity index (χ1) is 36.5. The third-order valence-corrected chi connectivity index (χ3v) is 19.0. The molecule has 426 valence electrons. The van der Waals surface area contributed by atoms with Crippen molar-refractivity contribution in [2.24, 2.45) is 0 Å². The number of hydrogen-bond acceptors (Lipinski definition) is 3. The smallest absolute Gasteiger partial charge is 0.342 e. The van der Waals surface area contributed by atoms with Crippen molar-refractivity contribution in [3.05, 3.63) is 170 Å². The average molecular weight is 1160 g/mol. The van der Waals surface area contributed by atoms with Crippen LogP contribution >= 0.6 is 21.0 Å². The molecule has 4 nitrogen and oxygen atoms in total. The van der Waals surface area contributed by atoms with Crippen molar-refractivity contribution in [3.8, 4) is 11.1 Å². The summed E-state index contributed by atoms with van der Waals surface area (Å²) < 4.78 is 191. The van der Waals surface area contributed by atoms with Gasteiger partial charge in [0.2, 0.25) is 5.41 Å². The summed E-state index contributed by atoms with van der Waals surface area (Å²) in [6.07, 6.45) is -11.8. The topological polar surface area (TPSA) is 57.4 Å². The summed E-state index contributed by atoms with van der Waals surface area (Å²) in [5, 5.41) is -0.598. The fraction of sp³-hybridized carbons (Fsp3) is 0.387.